The second-order valence-corrected chi connectivity index (χ2v) is 5.47. The number of nitrogens with zero attached hydrogens (tertiary/aromatic N) is 2. The van der Waals surface area contributed by atoms with Crippen LogP contribution in [-0.2, 0) is 0 Å². The van der Waals surface area contributed by atoms with Crippen LogP contribution in [0.25, 0.3) is 0 Å². The molecular weight excluding hydrogens is 210 g/mol. The lowest BCUT2D eigenvalue weighted by molar-refractivity contribution is 0.0680. The third-order valence-electron chi connectivity index (χ3n) is 3.94. The molecule has 1 N–H and O–H groups in total. The van der Waals surface area contributed by atoms with E-state index in [9.17, 15) is 0 Å². The van der Waals surface area contributed by atoms with Gasteiger partial charge in [-0.15, -0.1) is 0 Å². The van der Waals surface area contributed by atoms with Gasteiger partial charge in [-0.25, -0.2) is 0 Å². The largest absolute Gasteiger partial charge is 0.315 e. The molecule has 0 spiro atoms. The molecule has 0 radical (unpaired) electrons. The number of likely N-dealkylation sites (N-methyl/N-ethyl adjacent to an activating group) is 1. The highest BCUT2D eigenvalue weighted by Crippen LogP contribution is 2.13. The monoisotopic (exact) mass is 241 g/mol. The van der Waals surface area contributed by atoms with Gasteiger partial charge in [0, 0.05) is 38.3 Å². The Bertz CT molecular complexity index is 196. The van der Waals surface area contributed by atoms with Gasteiger partial charge in [0.25, 0.3) is 0 Å². The van der Waals surface area contributed by atoms with Crippen molar-refractivity contribution in [2.45, 2.75) is 52.1 Å². The van der Waals surface area contributed by atoms with Crippen LogP contribution < -0.4 is 5.32 Å². The van der Waals surface area contributed by atoms with Gasteiger partial charge in [-0.1, -0.05) is 20.3 Å². The topological polar surface area (TPSA) is 18.5 Å². The number of hydrogen-bond donors (Lipinski definition) is 1. The summed E-state index contributed by atoms with van der Waals surface area (Å²) in [7, 11) is 2.24. The lowest BCUT2D eigenvalue weighted by Gasteiger charge is -2.42. The molecule has 0 amide bonds. The van der Waals surface area contributed by atoms with E-state index in [2.05, 4.69) is 42.9 Å². The predicted octanol–water partition coefficient (Wildman–Crippen LogP) is 1.79. The summed E-state index contributed by atoms with van der Waals surface area (Å²) in [6, 6.07) is 1.44. The quantitative estimate of drug-likeness (QED) is 0.686. The number of hydrogen-bond acceptors (Lipinski definition) is 3. The van der Waals surface area contributed by atoms with Crippen molar-refractivity contribution in [3.63, 3.8) is 0 Å². The normalized spacial score (nSPS) is 25.1. The fourth-order valence-electron chi connectivity index (χ4n) is 2.60. The van der Waals surface area contributed by atoms with E-state index in [1.165, 1.54) is 38.9 Å². The van der Waals surface area contributed by atoms with E-state index < -0.39 is 0 Å². The van der Waals surface area contributed by atoms with Gasteiger partial charge in [0.2, 0.25) is 0 Å². The SMILES string of the molecule is CCCNCC(CCC)N1CCN(C)C(C)C1. The first-order chi connectivity index (χ1) is 8.19. The molecule has 0 saturated carbocycles. The molecule has 0 bridgehead atoms. The molecule has 0 aromatic rings. The Hall–Kier alpha value is -0.120. The fraction of sp³-hybridized carbons (Fsp3) is 1.00. The molecule has 1 fully saturated rings. The molecular formula is C14H31N3. The van der Waals surface area contributed by atoms with Crippen LogP contribution in [0.2, 0.25) is 0 Å². The van der Waals surface area contributed by atoms with Crippen LogP contribution >= 0.6 is 0 Å². The van der Waals surface area contributed by atoms with Gasteiger partial charge < -0.3 is 10.2 Å². The fourth-order valence-corrected chi connectivity index (χ4v) is 2.60. The Morgan fingerprint density at radius 1 is 1.24 bits per heavy atom. The van der Waals surface area contributed by atoms with E-state index in [4.69, 9.17) is 0 Å². The molecule has 0 aromatic heterocycles. The molecule has 2 atom stereocenters. The second kappa shape index (κ2) is 8.06. The Balaban J connectivity index is 2.40. The first-order valence-corrected chi connectivity index (χ1v) is 7.34. The van der Waals surface area contributed by atoms with Crippen molar-refractivity contribution >= 4 is 0 Å². The highest BCUT2D eigenvalue weighted by Gasteiger charge is 2.25. The van der Waals surface area contributed by atoms with E-state index in [1.54, 1.807) is 0 Å². The van der Waals surface area contributed by atoms with E-state index in [1.807, 2.05) is 0 Å². The molecule has 17 heavy (non-hydrogen) atoms. The minimum atomic E-state index is 0.703. The molecule has 1 rings (SSSR count). The zero-order chi connectivity index (χ0) is 12.7. The Morgan fingerprint density at radius 3 is 2.59 bits per heavy atom. The Morgan fingerprint density at radius 2 is 2.00 bits per heavy atom. The predicted molar refractivity (Wildman–Crippen MR) is 75.5 cm³/mol. The summed E-state index contributed by atoms with van der Waals surface area (Å²) in [6.07, 6.45) is 3.85. The molecule has 1 aliphatic rings. The summed E-state index contributed by atoms with van der Waals surface area (Å²) < 4.78 is 0. The lowest BCUT2D eigenvalue weighted by atomic mass is 10.1. The number of piperazine rings is 1. The van der Waals surface area contributed by atoms with Gasteiger partial charge in [0.1, 0.15) is 0 Å². The molecule has 3 heteroatoms. The second-order valence-electron chi connectivity index (χ2n) is 5.47. The van der Waals surface area contributed by atoms with Crippen LogP contribution in [-0.4, -0.2) is 61.7 Å². The van der Waals surface area contributed by atoms with Crippen LogP contribution in [0.15, 0.2) is 0 Å². The van der Waals surface area contributed by atoms with E-state index in [0.717, 1.165) is 19.1 Å². The third kappa shape index (κ3) is 4.94. The molecule has 3 nitrogen and oxygen atoms in total. The molecule has 2 unspecified atom stereocenters. The maximum atomic E-state index is 3.59. The van der Waals surface area contributed by atoms with Gasteiger partial charge in [0.15, 0.2) is 0 Å². The molecule has 0 aliphatic carbocycles. The highest BCUT2D eigenvalue weighted by molar-refractivity contribution is 4.82. The summed E-state index contributed by atoms with van der Waals surface area (Å²) in [5, 5.41) is 3.59. The average molecular weight is 241 g/mol. The standard InChI is InChI=1S/C14H31N3/c1-5-7-14(11-15-8-6-2)17-10-9-16(4)13(3)12-17/h13-15H,5-12H2,1-4H3. The maximum absolute atomic E-state index is 3.59. The Labute approximate surface area is 108 Å². The van der Waals surface area contributed by atoms with Gasteiger partial charge >= 0.3 is 0 Å². The highest BCUT2D eigenvalue weighted by atomic mass is 15.3. The molecule has 102 valence electrons. The van der Waals surface area contributed by atoms with E-state index >= 15 is 0 Å². The van der Waals surface area contributed by atoms with E-state index in [0.29, 0.717) is 6.04 Å². The smallest absolute Gasteiger partial charge is 0.0221 e. The van der Waals surface area contributed by atoms with Crippen LogP contribution in [0.4, 0.5) is 0 Å². The van der Waals surface area contributed by atoms with Crippen LogP contribution in [0, 0.1) is 0 Å². The first kappa shape index (κ1) is 14.9. The average Bonchev–Trinajstić information content (AvgIpc) is 2.32. The van der Waals surface area contributed by atoms with Crippen molar-refractivity contribution in [1.29, 1.82) is 0 Å². The number of rotatable bonds is 7. The third-order valence-corrected chi connectivity index (χ3v) is 3.94. The van der Waals surface area contributed by atoms with Gasteiger partial charge in [-0.2, -0.15) is 0 Å². The molecule has 1 heterocycles. The van der Waals surface area contributed by atoms with Crippen molar-refractivity contribution in [2.75, 3.05) is 39.8 Å². The number of nitrogens with one attached hydrogen (secondary N) is 1. The van der Waals surface area contributed by atoms with E-state index in [-0.39, 0.29) is 0 Å². The summed E-state index contributed by atoms with van der Waals surface area (Å²) in [5.41, 5.74) is 0. The summed E-state index contributed by atoms with van der Waals surface area (Å²) in [5.74, 6) is 0. The van der Waals surface area contributed by atoms with Crippen molar-refractivity contribution in [3.8, 4) is 0 Å². The van der Waals surface area contributed by atoms with Crippen LogP contribution in [0.3, 0.4) is 0 Å². The van der Waals surface area contributed by atoms with Crippen LogP contribution in [0.5, 0.6) is 0 Å². The van der Waals surface area contributed by atoms with Crippen LogP contribution in [0.1, 0.15) is 40.0 Å². The lowest BCUT2D eigenvalue weighted by Crippen LogP contribution is -2.55. The zero-order valence-corrected chi connectivity index (χ0v) is 12.2. The molecule has 1 aliphatic heterocycles. The summed E-state index contributed by atoms with van der Waals surface area (Å²) >= 11 is 0. The Kier molecular flexibility index (Phi) is 7.09. The first-order valence-electron chi connectivity index (χ1n) is 7.34. The van der Waals surface area contributed by atoms with Crippen molar-refractivity contribution in [2.24, 2.45) is 0 Å². The van der Waals surface area contributed by atoms with Crippen molar-refractivity contribution < 1.29 is 0 Å². The van der Waals surface area contributed by atoms with Gasteiger partial charge in [-0.3, -0.25) is 4.90 Å². The van der Waals surface area contributed by atoms with Crippen molar-refractivity contribution in [3.05, 3.63) is 0 Å². The maximum Gasteiger partial charge on any atom is 0.0221 e. The molecule has 1 saturated heterocycles. The minimum absolute atomic E-state index is 0.703. The summed E-state index contributed by atoms with van der Waals surface area (Å²) in [6.45, 7) is 12.9. The minimum Gasteiger partial charge on any atom is -0.315 e. The molecule has 0 aromatic carbocycles. The summed E-state index contributed by atoms with van der Waals surface area (Å²) in [4.78, 5) is 5.16. The van der Waals surface area contributed by atoms with Gasteiger partial charge in [0.05, 0.1) is 0 Å². The van der Waals surface area contributed by atoms with Crippen molar-refractivity contribution in [1.82, 2.24) is 15.1 Å². The zero-order valence-electron chi connectivity index (χ0n) is 12.2. The van der Waals surface area contributed by atoms with Gasteiger partial charge in [-0.05, 0) is 33.4 Å².